The van der Waals surface area contributed by atoms with Crippen molar-refractivity contribution in [1.29, 1.82) is 0 Å². The van der Waals surface area contributed by atoms with E-state index in [2.05, 4.69) is 5.32 Å². The summed E-state index contributed by atoms with van der Waals surface area (Å²) < 4.78 is 24.6. The largest absolute Gasteiger partial charge is 0.373 e. The van der Waals surface area contributed by atoms with E-state index in [1.165, 1.54) is 12.1 Å². The highest BCUT2D eigenvalue weighted by Gasteiger charge is 2.52. The second-order valence-corrected chi connectivity index (χ2v) is 6.89. The molecule has 4 rings (SSSR count). The predicted molar refractivity (Wildman–Crippen MR) is 82.6 cm³/mol. The number of rotatable bonds is 3. The summed E-state index contributed by atoms with van der Waals surface area (Å²) in [6.07, 6.45) is 4.63. The molecule has 1 aromatic rings. The first-order chi connectivity index (χ1) is 11.2. The van der Waals surface area contributed by atoms with Gasteiger partial charge >= 0.3 is 0 Å². The zero-order valence-corrected chi connectivity index (χ0v) is 13.1. The van der Waals surface area contributed by atoms with E-state index in [0.717, 1.165) is 37.7 Å². The van der Waals surface area contributed by atoms with Gasteiger partial charge in [0.1, 0.15) is 5.82 Å². The third-order valence-electron chi connectivity index (χ3n) is 5.40. The number of carbonyl (C=O) groups is 1. The molecule has 0 radical (unpaired) electrons. The number of hydrogen-bond acceptors (Lipinski definition) is 3. The van der Waals surface area contributed by atoms with Gasteiger partial charge in [-0.3, -0.25) is 4.79 Å². The maximum absolute atomic E-state index is 13.1. The minimum atomic E-state index is -0.450. The van der Waals surface area contributed by atoms with Gasteiger partial charge in [-0.05, 0) is 49.8 Å². The van der Waals surface area contributed by atoms with Crippen LogP contribution in [0.3, 0.4) is 0 Å². The summed E-state index contributed by atoms with van der Waals surface area (Å²) in [5.41, 5.74) is 0.469. The average molecular weight is 319 g/mol. The Kier molecular flexibility index (Phi) is 3.85. The molecular weight excluding hydrogens is 297 g/mol. The topological polar surface area (TPSA) is 47.6 Å². The first-order valence-corrected chi connectivity index (χ1v) is 8.48. The van der Waals surface area contributed by atoms with Crippen molar-refractivity contribution in [3.63, 3.8) is 0 Å². The minimum absolute atomic E-state index is 0.0734. The Morgan fingerprint density at radius 3 is 2.48 bits per heavy atom. The fourth-order valence-corrected chi connectivity index (χ4v) is 3.86. The zero-order valence-electron chi connectivity index (χ0n) is 13.1. The van der Waals surface area contributed by atoms with Gasteiger partial charge in [0.05, 0.1) is 30.8 Å². The Bertz CT molecular complexity index is 584. The van der Waals surface area contributed by atoms with E-state index in [1.54, 1.807) is 12.1 Å². The number of amides is 1. The second kappa shape index (κ2) is 5.87. The molecule has 124 valence electrons. The number of carbonyl (C=O) groups excluding carboxylic acids is 1. The molecule has 4 nitrogen and oxygen atoms in total. The number of fused-ring (bicyclic) bond motifs is 1. The normalized spacial score (nSPS) is 32.0. The van der Waals surface area contributed by atoms with Crippen LogP contribution in [-0.4, -0.2) is 37.4 Å². The zero-order chi connectivity index (χ0) is 15.9. The van der Waals surface area contributed by atoms with Crippen LogP contribution in [0, 0.1) is 5.82 Å². The number of halogens is 1. The molecule has 3 aliphatic rings. The Labute approximate surface area is 135 Å². The van der Waals surface area contributed by atoms with E-state index in [9.17, 15) is 9.18 Å². The molecule has 0 aromatic heterocycles. The summed E-state index contributed by atoms with van der Waals surface area (Å²) in [6, 6.07) is 6.47. The van der Waals surface area contributed by atoms with Crippen molar-refractivity contribution < 1.29 is 18.7 Å². The maximum Gasteiger partial charge on any atom is 0.230 e. The lowest BCUT2D eigenvalue weighted by molar-refractivity contribution is -0.159. The molecule has 5 heteroatoms. The molecule has 0 spiro atoms. The lowest BCUT2D eigenvalue weighted by Crippen LogP contribution is -2.51. The van der Waals surface area contributed by atoms with Crippen molar-refractivity contribution in [2.24, 2.45) is 0 Å². The van der Waals surface area contributed by atoms with Crippen molar-refractivity contribution in [2.45, 2.75) is 55.8 Å². The maximum atomic E-state index is 13.1. The number of benzene rings is 1. The van der Waals surface area contributed by atoms with Crippen LogP contribution in [0.2, 0.25) is 0 Å². The van der Waals surface area contributed by atoms with Gasteiger partial charge in [0.25, 0.3) is 0 Å². The lowest BCUT2D eigenvalue weighted by atomic mass is 9.88. The van der Waals surface area contributed by atoms with Crippen molar-refractivity contribution in [3.8, 4) is 0 Å². The number of hydrogen-bond donors (Lipinski definition) is 1. The van der Waals surface area contributed by atoms with E-state index >= 15 is 0 Å². The monoisotopic (exact) mass is 319 g/mol. The minimum Gasteiger partial charge on any atom is -0.373 e. The summed E-state index contributed by atoms with van der Waals surface area (Å²) in [6.45, 7) is 1.31. The van der Waals surface area contributed by atoms with Crippen molar-refractivity contribution in [2.75, 3.05) is 13.2 Å². The van der Waals surface area contributed by atoms with Crippen LogP contribution in [0.4, 0.5) is 4.39 Å². The van der Waals surface area contributed by atoms with Gasteiger partial charge in [0, 0.05) is 6.04 Å². The van der Waals surface area contributed by atoms with E-state index in [4.69, 9.17) is 9.47 Å². The van der Waals surface area contributed by atoms with E-state index in [-0.39, 0.29) is 30.0 Å². The SMILES string of the molecule is O=C(N[C@@H]1CC[C@H]2OCCO[C@@H]2C1)C1(c2ccc(F)cc2)CC1. The highest BCUT2D eigenvalue weighted by atomic mass is 19.1. The van der Waals surface area contributed by atoms with Crippen LogP contribution in [0.1, 0.15) is 37.7 Å². The van der Waals surface area contributed by atoms with Gasteiger partial charge in [-0.1, -0.05) is 12.1 Å². The van der Waals surface area contributed by atoms with Crippen molar-refractivity contribution in [3.05, 3.63) is 35.6 Å². The van der Waals surface area contributed by atoms with Crippen molar-refractivity contribution in [1.82, 2.24) is 5.32 Å². The van der Waals surface area contributed by atoms with Crippen LogP contribution in [0.25, 0.3) is 0 Å². The summed E-state index contributed by atoms with van der Waals surface area (Å²) in [5.74, 6) is -0.193. The molecule has 1 N–H and O–H groups in total. The predicted octanol–water partition coefficient (Wildman–Crippen LogP) is 2.31. The lowest BCUT2D eigenvalue weighted by Gasteiger charge is -2.39. The summed E-state index contributed by atoms with van der Waals surface area (Å²) in [4.78, 5) is 12.8. The quantitative estimate of drug-likeness (QED) is 0.930. The number of ether oxygens (including phenoxy) is 2. The Balaban J connectivity index is 1.41. The third kappa shape index (κ3) is 2.88. The average Bonchev–Trinajstić information content (AvgIpc) is 3.37. The van der Waals surface area contributed by atoms with Crippen molar-refractivity contribution >= 4 is 5.91 Å². The fraction of sp³-hybridized carbons (Fsp3) is 0.611. The van der Waals surface area contributed by atoms with Gasteiger partial charge in [0.2, 0.25) is 5.91 Å². The molecule has 0 unspecified atom stereocenters. The van der Waals surface area contributed by atoms with Crippen LogP contribution < -0.4 is 5.32 Å². The molecule has 1 amide bonds. The van der Waals surface area contributed by atoms with E-state index in [1.807, 2.05) is 0 Å². The molecule has 23 heavy (non-hydrogen) atoms. The summed E-state index contributed by atoms with van der Waals surface area (Å²) >= 11 is 0. The van der Waals surface area contributed by atoms with Gasteiger partial charge < -0.3 is 14.8 Å². The molecule has 1 saturated heterocycles. The van der Waals surface area contributed by atoms with Gasteiger partial charge in [-0.2, -0.15) is 0 Å². The van der Waals surface area contributed by atoms with Gasteiger partial charge in [-0.15, -0.1) is 0 Å². The molecule has 0 bridgehead atoms. The molecule has 1 aromatic carbocycles. The molecule has 3 fully saturated rings. The molecule has 2 aliphatic carbocycles. The van der Waals surface area contributed by atoms with E-state index < -0.39 is 5.41 Å². The Morgan fingerprint density at radius 2 is 1.78 bits per heavy atom. The van der Waals surface area contributed by atoms with Crippen LogP contribution in [0.5, 0.6) is 0 Å². The molecule has 1 aliphatic heterocycles. The highest BCUT2D eigenvalue weighted by Crippen LogP contribution is 2.48. The summed E-state index contributed by atoms with van der Waals surface area (Å²) in [5, 5.41) is 3.20. The fourth-order valence-electron chi connectivity index (χ4n) is 3.86. The first-order valence-electron chi connectivity index (χ1n) is 8.48. The molecule has 2 saturated carbocycles. The molecular formula is C18H22FNO3. The first kappa shape index (κ1) is 15.1. The van der Waals surface area contributed by atoms with Gasteiger partial charge in [-0.25, -0.2) is 4.39 Å². The van der Waals surface area contributed by atoms with Crippen LogP contribution in [-0.2, 0) is 19.7 Å². The second-order valence-electron chi connectivity index (χ2n) is 6.89. The Morgan fingerprint density at radius 1 is 1.09 bits per heavy atom. The molecule has 1 heterocycles. The van der Waals surface area contributed by atoms with Crippen LogP contribution in [0.15, 0.2) is 24.3 Å². The summed E-state index contributed by atoms with van der Waals surface area (Å²) in [7, 11) is 0. The Hall–Kier alpha value is -1.46. The number of nitrogens with one attached hydrogen (secondary N) is 1. The smallest absolute Gasteiger partial charge is 0.230 e. The standard InChI is InChI=1S/C18H22FNO3/c19-13-3-1-12(2-4-13)18(7-8-18)17(21)20-14-5-6-15-16(11-14)23-10-9-22-15/h1-4,14-16H,5-11H2,(H,20,21)/t14-,15-,16-/m1/s1. The van der Waals surface area contributed by atoms with Gasteiger partial charge in [0.15, 0.2) is 0 Å². The van der Waals surface area contributed by atoms with Crippen LogP contribution >= 0.6 is 0 Å². The highest BCUT2D eigenvalue weighted by molar-refractivity contribution is 5.91. The third-order valence-corrected chi connectivity index (χ3v) is 5.40. The molecule has 3 atom stereocenters. The van der Waals surface area contributed by atoms with E-state index in [0.29, 0.717) is 13.2 Å².